The molecule has 158 valence electrons. The molecule has 0 spiro atoms. The molecule has 3 amide bonds. The highest BCUT2D eigenvalue weighted by Crippen LogP contribution is 2.24. The number of nitrogens with zero attached hydrogens (tertiary/aromatic N) is 2. The van der Waals surface area contributed by atoms with E-state index in [1.807, 2.05) is 0 Å². The Bertz CT molecular complexity index is 817. The molecule has 1 unspecified atom stereocenters. The van der Waals surface area contributed by atoms with Crippen LogP contribution in [0, 0.1) is 18.7 Å². The van der Waals surface area contributed by atoms with Crippen molar-refractivity contribution in [2.45, 2.75) is 39.4 Å². The van der Waals surface area contributed by atoms with Gasteiger partial charge in [-0.2, -0.15) is 0 Å². The molecule has 2 fully saturated rings. The number of cyclic esters (lactones) is 1. The molecular formula is C20H26FN3O5. The van der Waals surface area contributed by atoms with Crippen molar-refractivity contribution >= 4 is 23.8 Å². The van der Waals surface area contributed by atoms with Crippen LogP contribution in [0.3, 0.4) is 0 Å². The Hall–Kier alpha value is -2.84. The molecule has 0 bridgehead atoms. The van der Waals surface area contributed by atoms with E-state index in [0.29, 0.717) is 24.3 Å². The van der Waals surface area contributed by atoms with Crippen molar-refractivity contribution in [3.05, 3.63) is 29.6 Å². The molecule has 8 nitrogen and oxygen atoms in total. The summed E-state index contributed by atoms with van der Waals surface area (Å²) in [5.74, 6) is -0.922. The lowest BCUT2D eigenvalue weighted by atomic mass is 10.00. The molecule has 9 heteroatoms. The van der Waals surface area contributed by atoms with E-state index in [1.54, 1.807) is 39.8 Å². The van der Waals surface area contributed by atoms with Crippen LogP contribution < -0.4 is 10.2 Å². The van der Waals surface area contributed by atoms with Gasteiger partial charge in [-0.3, -0.25) is 9.69 Å². The zero-order valence-electron chi connectivity index (χ0n) is 17.0. The highest BCUT2D eigenvalue weighted by molar-refractivity contribution is 5.90. The van der Waals surface area contributed by atoms with Gasteiger partial charge in [-0.25, -0.2) is 14.0 Å². The van der Waals surface area contributed by atoms with Crippen LogP contribution in [0.25, 0.3) is 0 Å². The number of amides is 3. The Morgan fingerprint density at radius 2 is 1.97 bits per heavy atom. The SMILES string of the molecule is Cc1ccc(N2CC(CNC(=O)C3CN(C(=O)OC(C)(C)C)C3)OC2=O)cc1F. The van der Waals surface area contributed by atoms with Gasteiger partial charge in [-0.1, -0.05) is 6.07 Å². The van der Waals surface area contributed by atoms with E-state index in [-0.39, 0.29) is 24.9 Å². The van der Waals surface area contributed by atoms with Gasteiger partial charge in [-0.05, 0) is 45.4 Å². The zero-order chi connectivity index (χ0) is 21.3. The minimum absolute atomic E-state index is 0.151. The maximum Gasteiger partial charge on any atom is 0.414 e. The number of carbonyl (C=O) groups is 3. The molecule has 0 aromatic heterocycles. The molecule has 2 saturated heterocycles. The molecule has 0 saturated carbocycles. The van der Waals surface area contributed by atoms with Gasteiger partial charge in [0, 0.05) is 13.1 Å². The minimum atomic E-state index is -0.580. The summed E-state index contributed by atoms with van der Waals surface area (Å²) < 4.78 is 24.3. The first-order valence-corrected chi connectivity index (χ1v) is 9.53. The molecule has 1 N–H and O–H groups in total. The van der Waals surface area contributed by atoms with Crippen LogP contribution in [-0.2, 0) is 14.3 Å². The summed E-state index contributed by atoms with van der Waals surface area (Å²) in [5.41, 5.74) is 0.327. The molecule has 1 aromatic carbocycles. The third-order valence-electron chi connectivity index (χ3n) is 4.75. The predicted molar refractivity (Wildman–Crippen MR) is 103 cm³/mol. The number of halogens is 1. The van der Waals surface area contributed by atoms with Crippen molar-refractivity contribution in [3.63, 3.8) is 0 Å². The van der Waals surface area contributed by atoms with E-state index in [9.17, 15) is 18.8 Å². The maximum absolute atomic E-state index is 13.8. The third kappa shape index (κ3) is 4.96. The third-order valence-corrected chi connectivity index (χ3v) is 4.75. The average Bonchev–Trinajstić information content (AvgIpc) is 2.93. The summed E-state index contributed by atoms with van der Waals surface area (Å²) in [4.78, 5) is 39.0. The Balaban J connectivity index is 1.44. The molecule has 2 heterocycles. The van der Waals surface area contributed by atoms with Gasteiger partial charge < -0.3 is 19.7 Å². The van der Waals surface area contributed by atoms with E-state index in [2.05, 4.69) is 5.32 Å². The van der Waals surface area contributed by atoms with Crippen LogP contribution in [0.1, 0.15) is 26.3 Å². The summed E-state index contributed by atoms with van der Waals surface area (Å²) in [5, 5.41) is 2.75. The largest absolute Gasteiger partial charge is 0.444 e. The lowest BCUT2D eigenvalue weighted by Crippen LogP contribution is -2.57. The van der Waals surface area contributed by atoms with Crippen molar-refractivity contribution < 1.29 is 28.2 Å². The standard InChI is InChI=1S/C20H26FN3O5/c1-12-5-6-14(7-16(12)21)24-11-15(28-19(24)27)8-22-17(25)13-9-23(10-13)18(26)29-20(2,3)4/h5-7,13,15H,8-11H2,1-4H3,(H,22,25). The first kappa shape index (κ1) is 20.9. The number of likely N-dealkylation sites (tertiary alicyclic amines) is 1. The van der Waals surface area contributed by atoms with Gasteiger partial charge in [0.25, 0.3) is 0 Å². The number of anilines is 1. The normalized spacial score (nSPS) is 19.6. The fraction of sp³-hybridized carbons (Fsp3) is 0.550. The van der Waals surface area contributed by atoms with Gasteiger partial charge in [0.1, 0.15) is 17.5 Å². The molecule has 1 aromatic rings. The second-order valence-corrected chi connectivity index (χ2v) is 8.38. The van der Waals surface area contributed by atoms with Gasteiger partial charge in [0.05, 0.1) is 24.7 Å². The highest BCUT2D eigenvalue weighted by atomic mass is 19.1. The Morgan fingerprint density at radius 3 is 2.59 bits per heavy atom. The Kier molecular flexibility index (Phi) is 5.68. The number of benzene rings is 1. The number of ether oxygens (including phenoxy) is 2. The van der Waals surface area contributed by atoms with E-state index in [0.717, 1.165) is 0 Å². The van der Waals surface area contributed by atoms with Crippen LogP contribution in [0.4, 0.5) is 19.7 Å². The van der Waals surface area contributed by atoms with Crippen molar-refractivity contribution in [2.75, 3.05) is 31.1 Å². The minimum Gasteiger partial charge on any atom is -0.444 e. The summed E-state index contributed by atoms with van der Waals surface area (Å²) in [6.07, 6.45) is -1.54. The molecule has 29 heavy (non-hydrogen) atoms. The van der Waals surface area contributed by atoms with Crippen molar-refractivity contribution in [1.82, 2.24) is 10.2 Å². The number of hydrogen-bond acceptors (Lipinski definition) is 5. The van der Waals surface area contributed by atoms with Crippen molar-refractivity contribution in [2.24, 2.45) is 5.92 Å². The molecule has 0 aliphatic carbocycles. The van der Waals surface area contributed by atoms with Crippen LogP contribution in [0.15, 0.2) is 18.2 Å². The maximum atomic E-state index is 13.8. The fourth-order valence-corrected chi connectivity index (χ4v) is 3.07. The summed E-state index contributed by atoms with van der Waals surface area (Å²) in [6.45, 7) is 7.95. The van der Waals surface area contributed by atoms with Gasteiger partial charge in [0.15, 0.2) is 0 Å². The van der Waals surface area contributed by atoms with E-state index < -0.39 is 29.7 Å². The zero-order valence-corrected chi connectivity index (χ0v) is 17.0. The molecule has 3 rings (SSSR count). The monoisotopic (exact) mass is 407 g/mol. The fourth-order valence-electron chi connectivity index (χ4n) is 3.07. The number of hydrogen-bond donors (Lipinski definition) is 1. The first-order chi connectivity index (χ1) is 13.5. The quantitative estimate of drug-likeness (QED) is 0.828. The van der Waals surface area contributed by atoms with Crippen LogP contribution in [0.2, 0.25) is 0 Å². The van der Waals surface area contributed by atoms with E-state index >= 15 is 0 Å². The van der Waals surface area contributed by atoms with Crippen LogP contribution >= 0.6 is 0 Å². The topological polar surface area (TPSA) is 88.2 Å². The summed E-state index contributed by atoms with van der Waals surface area (Å²) in [6, 6.07) is 4.54. The van der Waals surface area contributed by atoms with Gasteiger partial charge in [-0.15, -0.1) is 0 Å². The number of aryl methyl sites for hydroxylation is 1. The average molecular weight is 407 g/mol. The molecule has 2 aliphatic heterocycles. The van der Waals surface area contributed by atoms with Crippen LogP contribution in [0.5, 0.6) is 0 Å². The predicted octanol–water partition coefficient (Wildman–Crippen LogP) is 2.44. The van der Waals surface area contributed by atoms with Crippen molar-refractivity contribution in [3.8, 4) is 0 Å². The van der Waals surface area contributed by atoms with E-state index in [1.165, 1.54) is 15.9 Å². The van der Waals surface area contributed by atoms with Crippen LogP contribution in [-0.4, -0.2) is 60.9 Å². The summed E-state index contributed by atoms with van der Waals surface area (Å²) in [7, 11) is 0. The second kappa shape index (κ2) is 7.88. The van der Waals surface area contributed by atoms with Gasteiger partial charge in [0.2, 0.25) is 5.91 Å². The summed E-state index contributed by atoms with van der Waals surface area (Å²) >= 11 is 0. The molecule has 2 aliphatic rings. The van der Waals surface area contributed by atoms with E-state index in [4.69, 9.17) is 9.47 Å². The number of rotatable bonds is 4. The Morgan fingerprint density at radius 1 is 1.28 bits per heavy atom. The molecule has 1 atom stereocenters. The molecule has 0 radical (unpaired) electrons. The van der Waals surface area contributed by atoms with Crippen molar-refractivity contribution in [1.29, 1.82) is 0 Å². The highest BCUT2D eigenvalue weighted by Gasteiger charge is 2.39. The van der Waals surface area contributed by atoms with Gasteiger partial charge >= 0.3 is 12.2 Å². The smallest absolute Gasteiger partial charge is 0.414 e. The lowest BCUT2D eigenvalue weighted by molar-refractivity contribution is -0.130. The number of carbonyl (C=O) groups excluding carboxylic acids is 3. The first-order valence-electron chi connectivity index (χ1n) is 9.53. The second-order valence-electron chi connectivity index (χ2n) is 8.38. The lowest BCUT2D eigenvalue weighted by Gasteiger charge is -2.38. The number of nitrogens with one attached hydrogen (secondary N) is 1. The Labute approximate surface area is 168 Å². The molecular weight excluding hydrogens is 381 g/mol.